The first-order valence-corrected chi connectivity index (χ1v) is 6.30. The molecule has 1 aromatic carbocycles. The highest BCUT2D eigenvalue weighted by Gasteiger charge is 2.35. The van der Waals surface area contributed by atoms with Gasteiger partial charge in [-0.1, -0.05) is 30.3 Å². The summed E-state index contributed by atoms with van der Waals surface area (Å²) >= 11 is 0. The predicted octanol–water partition coefficient (Wildman–Crippen LogP) is 1.47. The van der Waals surface area contributed by atoms with Crippen molar-refractivity contribution in [1.29, 1.82) is 0 Å². The van der Waals surface area contributed by atoms with E-state index in [2.05, 4.69) is 0 Å². The van der Waals surface area contributed by atoms with Gasteiger partial charge in [-0.2, -0.15) is 0 Å². The molecule has 0 saturated carbocycles. The third-order valence-corrected chi connectivity index (χ3v) is 3.15. The van der Waals surface area contributed by atoms with Gasteiger partial charge in [0.1, 0.15) is 6.10 Å². The summed E-state index contributed by atoms with van der Waals surface area (Å²) in [4.78, 5) is 0. The van der Waals surface area contributed by atoms with E-state index in [0.717, 1.165) is 5.56 Å². The summed E-state index contributed by atoms with van der Waals surface area (Å²) < 4.78 is 22.0. The van der Waals surface area contributed by atoms with E-state index in [9.17, 15) is 5.11 Å². The fraction of sp³-hybridized carbons (Fsp3) is 0.571. The van der Waals surface area contributed by atoms with Crippen molar-refractivity contribution < 1.29 is 24.1 Å². The summed E-state index contributed by atoms with van der Waals surface area (Å²) in [5, 5.41) is 9.34. The number of methoxy groups -OCH3 is 2. The average Bonchev–Trinajstić information content (AvgIpc) is 2.49. The highest BCUT2D eigenvalue weighted by molar-refractivity contribution is 5.16. The van der Waals surface area contributed by atoms with Crippen LogP contribution in [-0.2, 0) is 18.9 Å². The molecule has 1 saturated heterocycles. The Morgan fingerprint density at radius 1 is 1.21 bits per heavy atom. The number of ether oxygens (including phenoxy) is 4. The van der Waals surface area contributed by atoms with Crippen LogP contribution in [0.1, 0.15) is 18.3 Å². The third kappa shape index (κ3) is 3.52. The van der Waals surface area contributed by atoms with Crippen LogP contribution in [0.4, 0.5) is 0 Å². The fourth-order valence-electron chi connectivity index (χ4n) is 2.20. The van der Waals surface area contributed by atoms with Gasteiger partial charge >= 0.3 is 0 Å². The maximum absolute atomic E-state index is 9.34. The SMILES string of the molecule is COC(OC)C1CC(CO)OC(c2ccccc2)O1. The molecule has 3 atom stereocenters. The highest BCUT2D eigenvalue weighted by atomic mass is 16.7. The monoisotopic (exact) mass is 268 g/mol. The lowest BCUT2D eigenvalue weighted by Gasteiger charge is -2.37. The van der Waals surface area contributed by atoms with Crippen LogP contribution in [-0.4, -0.2) is 44.4 Å². The van der Waals surface area contributed by atoms with Crippen molar-refractivity contribution >= 4 is 0 Å². The molecule has 19 heavy (non-hydrogen) atoms. The molecule has 0 amide bonds. The van der Waals surface area contributed by atoms with Crippen LogP contribution in [0.2, 0.25) is 0 Å². The zero-order chi connectivity index (χ0) is 13.7. The molecule has 0 aliphatic carbocycles. The van der Waals surface area contributed by atoms with Crippen LogP contribution in [0.25, 0.3) is 0 Å². The van der Waals surface area contributed by atoms with Crippen LogP contribution in [0.3, 0.4) is 0 Å². The molecule has 0 radical (unpaired) electrons. The number of hydrogen-bond acceptors (Lipinski definition) is 5. The van der Waals surface area contributed by atoms with Gasteiger partial charge in [-0.15, -0.1) is 0 Å². The maximum atomic E-state index is 9.34. The predicted molar refractivity (Wildman–Crippen MR) is 68.4 cm³/mol. The molecule has 0 aromatic heterocycles. The summed E-state index contributed by atoms with van der Waals surface area (Å²) in [5.41, 5.74) is 0.914. The molecule has 3 unspecified atom stereocenters. The van der Waals surface area contributed by atoms with E-state index < -0.39 is 12.6 Å². The standard InChI is InChI=1S/C14H20O5/c1-16-14(17-2)12-8-11(9-15)18-13(19-12)10-6-4-3-5-7-10/h3-7,11-15H,8-9H2,1-2H3. The smallest absolute Gasteiger partial charge is 0.184 e. The molecule has 1 fully saturated rings. The molecule has 5 nitrogen and oxygen atoms in total. The van der Waals surface area contributed by atoms with E-state index in [0.29, 0.717) is 6.42 Å². The molecule has 1 aliphatic rings. The Kier molecular flexibility index (Phi) is 5.30. The summed E-state index contributed by atoms with van der Waals surface area (Å²) in [6.45, 7) is -0.0522. The van der Waals surface area contributed by atoms with Gasteiger partial charge in [-0.3, -0.25) is 0 Å². The van der Waals surface area contributed by atoms with Crippen molar-refractivity contribution in [3.05, 3.63) is 35.9 Å². The molecular formula is C14H20O5. The van der Waals surface area contributed by atoms with Gasteiger partial charge in [0.05, 0.1) is 12.7 Å². The van der Waals surface area contributed by atoms with E-state index in [-0.39, 0.29) is 18.8 Å². The fourth-order valence-corrected chi connectivity index (χ4v) is 2.20. The van der Waals surface area contributed by atoms with Crippen LogP contribution < -0.4 is 0 Å². The topological polar surface area (TPSA) is 57.2 Å². The number of rotatable bonds is 5. The number of hydrogen-bond donors (Lipinski definition) is 1. The molecule has 1 aliphatic heterocycles. The number of aliphatic hydroxyl groups excluding tert-OH is 1. The molecular weight excluding hydrogens is 248 g/mol. The Hall–Kier alpha value is -0.980. The molecule has 2 rings (SSSR count). The van der Waals surface area contributed by atoms with E-state index in [1.165, 1.54) is 0 Å². The van der Waals surface area contributed by atoms with E-state index in [1.54, 1.807) is 14.2 Å². The lowest BCUT2D eigenvalue weighted by molar-refractivity contribution is -0.301. The Morgan fingerprint density at radius 3 is 2.47 bits per heavy atom. The van der Waals surface area contributed by atoms with Gasteiger partial charge in [0, 0.05) is 26.2 Å². The van der Waals surface area contributed by atoms with Gasteiger partial charge in [0.25, 0.3) is 0 Å². The molecule has 1 N–H and O–H groups in total. The summed E-state index contributed by atoms with van der Waals surface area (Å²) in [5.74, 6) is 0. The second kappa shape index (κ2) is 6.98. The Labute approximate surface area is 113 Å². The van der Waals surface area contributed by atoms with E-state index >= 15 is 0 Å². The van der Waals surface area contributed by atoms with Crippen LogP contribution in [0.5, 0.6) is 0 Å². The van der Waals surface area contributed by atoms with Crippen molar-refractivity contribution in [2.45, 2.75) is 31.2 Å². The number of aliphatic hydroxyl groups is 1. The Bertz CT molecular complexity index is 365. The first kappa shape index (κ1) is 14.4. The Morgan fingerprint density at radius 2 is 1.89 bits per heavy atom. The van der Waals surface area contributed by atoms with Crippen molar-refractivity contribution in [1.82, 2.24) is 0 Å². The zero-order valence-electron chi connectivity index (χ0n) is 11.2. The maximum Gasteiger partial charge on any atom is 0.184 e. The lowest BCUT2D eigenvalue weighted by atomic mass is 10.1. The van der Waals surface area contributed by atoms with Gasteiger partial charge in [0.15, 0.2) is 12.6 Å². The normalized spacial score (nSPS) is 27.7. The van der Waals surface area contributed by atoms with Gasteiger partial charge in [-0.25, -0.2) is 0 Å². The van der Waals surface area contributed by atoms with Crippen molar-refractivity contribution in [3.63, 3.8) is 0 Å². The first-order valence-electron chi connectivity index (χ1n) is 6.30. The number of benzene rings is 1. The first-order chi connectivity index (χ1) is 9.28. The van der Waals surface area contributed by atoms with Crippen molar-refractivity contribution in [2.24, 2.45) is 0 Å². The largest absolute Gasteiger partial charge is 0.394 e. The second-order valence-corrected chi connectivity index (χ2v) is 4.43. The van der Waals surface area contributed by atoms with E-state index in [1.807, 2.05) is 30.3 Å². The Balaban J connectivity index is 2.12. The summed E-state index contributed by atoms with van der Waals surface area (Å²) in [6.07, 6.45) is -0.997. The molecule has 5 heteroatoms. The lowest BCUT2D eigenvalue weighted by Crippen LogP contribution is -2.43. The zero-order valence-corrected chi connectivity index (χ0v) is 11.2. The minimum atomic E-state index is -0.509. The van der Waals surface area contributed by atoms with Crippen LogP contribution >= 0.6 is 0 Å². The van der Waals surface area contributed by atoms with Gasteiger partial charge in [-0.05, 0) is 0 Å². The van der Waals surface area contributed by atoms with E-state index in [4.69, 9.17) is 18.9 Å². The van der Waals surface area contributed by atoms with Gasteiger partial charge < -0.3 is 24.1 Å². The molecule has 0 bridgehead atoms. The van der Waals surface area contributed by atoms with Crippen molar-refractivity contribution in [3.8, 4) is 0 Å². The summed E-state index contributed by atoms with van der Waals surface area (Å²) in [6, 6.07) is 9.63. The minimum absolute atomic E-state index is 0.0522. The molecule has 1 heterocycles. The van der Waals surface area contributed by atoms with Crippen LogP contribution in [0, 0.1) is 0 Å². The van der Waals surface area contributed by atoms with Gasteiger partial charge in [0.2, 0.25) is 0 Å². The third-order valence-electron chi connectivity index (χ3n) is 3.15. The minimum Gasteiger partial charge on any atom is -0.394 e. The second-order valence-electron chi connectivity index (χ2n) is 4.43. The van der Waals surface area contributed by atoms with Crippen LogP contribution in [0.15, 0.2) is 30.3 Å². The molecule has 106 valence electrons. The average molecular weight is 268 g/mol. The summed E-state index contributed by atoms with van der Waals surface area (Å²) in [7, 11) is 3.14. The highest BCUT2D eigenvalue weighted by Crippen LogP contribution is 2.31. The molecule has 0 spiro atoms. The molecule has 1 aromatic rings. The van der Waals surface area contributed by atoms with Crippen molar-refractivity contribution in [2.75, 3.05) is 20.8 Å². The quantitative estimate of drug-likeness (QED) is 0.820.